The van der Waals surface area contributed by atoms with Gasteiger partial charge in [0.15, 0.2) is 0 Å². The van der Waals surface area contributed by atoms with E-state index in [2.05, 4.69) is 6.08 Å². The lowest BCUT2D eigenvalue weighted by Crippen LogP contribution is -2.13. The van der Waals surface area contributed by atoms with Crippen LogP contribution in [0.15, 0.2) is 30.3 Å². The Labute approximate surface area is 148 Å². The molecule has 1 aliphatic rings. The predicted octanol–water partition coefficient (Wildman–Crippen LogP) is 4.53. The van der Waals surface area contributed by atoms with Gasteiger partial charge >= 0.3 is 5.97 Å². The molecule has 0 aliphatic heterocycles. The third-order valence-electron chi connectivity index (χ3n) is 4.89. The summed E-state index contributed by atoms with van der Waals surface area (Å²) in [6, 6.07) is 7.43. The molecular weight excluding hydrogens is 316 g/mol. The molecule has 0 heterocycles. The molecule has 1 fully saturated rings. The highest BCUT2D eigenvalue weighted by Crippen LogP contribution is 2.34. The summed E-state index contributed by atoms with van der Waals surface area (Å²) in [6.07, 6.45) is 11.2. The number of carbonyl (C=O) groups is 3. The van der Waals surface area contributed by atoms with E-state index in [-0.39, 0.29) is 18.3 Å². The zero-order chi connectivity index (χ0) is 18.1. The van der Waals surface area contributed by atoms with Crippen LogP contribution < -0.4 is 0 Å². The summed E-state index contributed by atoms with van der Waals surface area (Å²) in [4.78, 5) is 33.5. The average Bonchev–Trinajstić information content (AvgIpc) is 2.96. The Kier molecular flexibility index (Phi) is 7.58. The van der Waals surface area contributed by atoms with E-state index < -0.39 is 5.97 Å². The number of ketones is 1. The number of hydrogen-bond acceptors (Lipinski definition) is 3. The van der Waals surface area contributed by atoms with Gasteiger partial charge in [0, 0.05) is 24.3 Å². The van der Waals surface area contributed by atoms with Crippen molar-refractivity contribution in [3.8, 4) is 0 Å². The molecule has 0 aromatic heterocycles. The van der Waals surface area contributed by atoms with Crippen LogP contribution in [0.4, 0.5) is 0 Å². The Morgan fingerprint density at radius 1 is 1.16 bits per heavy atom. The van der Waals surface area contributed by atoms with E-state index in [4.69, 9.17) is 5.11 Å². The number of aliphatic carboxylic acids is 1. The van der Waals surface area contributed by atoms with E-state index in [1.54, 1.807) is 6.07 Å². The van der Waals surface area contributed by atoms with Gasteiger partial charge in [-0.15, -0.1) is 0 Å². The van der Waals surface area contributed by atoms with Gasteiger partial charge in [-0.05, 0) is 36.8 Å². The summed E-state index contributed by atoms with van der Waals surface area (Å²) in [7, 11) is 0. The first-order chi connectivity index (χ1) is 12.1. The average molecular weight is 342 g/mol. The van der Waals surface area contributed by atoms with Crippen molar-refractivity contribution < 1.29 is 19.5 Å². The molecule has 1 aliphatic carbocycles. The number of unbranched alkanes of at least 4 members (excludes halogenated alkanes) is 3. The second kappa shape index (κ2) is 9.92. The first-order valence-electron chi connectivity index (χ1n) is 9.08. The largest absolute Gasteiger partial charge is 0.481 e. The molecule has 1 aromatic rings. The van der Waals surface area contributed by atoms with Crippen molar-refractivity contribution in [2.45, 2.75) is 51.4 Å². The van der Waals surface area contributed by atoms with E-state index in [1.165, 1.54) is 0 Å². The van der Waals surface area contributed by atoms with Crippen molar-refractivity contribution in [3.05, 3.63) is 41.5 Å². The molecule has 2 rings (SSSR count). The van der Waals surface area contributed by atoms with Gasteiger partial charge in [0.05, 0.1) is 0 Å². The monoisotopic (exact) mass is 342 g/mol. The Morgan fingerprint density at radius 3 is 2.68 bits per heavy atom. The van der Waals surface area contributed by atoms with Gasteiger partial charge < -0.3 is 5.11 Å². The highest BCUT2D eigenvalue weighted by atomic mass is 16.4. The number of aldehydes is 1. The van der Waals surface area contributed by atoms with Crippen LogP contribution in [-0.4, -0.2) is 23.1 Å². The number of hydrogen-bond donors (Lipinski definition) is 1. The van der Waals surface area contributed by atoms with Crippen molar-refractivity contribution in [1.82, 2.24) is 0 Å². The fourth-order valence-corrected chi connectivity index (χ4v) is 3.50. The summed E-state index contributed by atoms with van der Waals surface area (Å²) < 4.78 is 0. The third kappa shape index (κ3) is 6.29. The summed E-state index contributed by atoms with van der Waals surface area (Å²) in [5.41, 5.74) is 1.64. The maximum Gasteiger partial charge on any atom is 0.303 e. The topological polar surface area (TPSA) is 71.4 Å². The molecule has 25 heavy (non-hydrogen) atoms. The minimum absolute atomic E-state index is 0.0879. The molecule has 2 unspecified atom stereocenters. The predicted molar refractivity (Wildman–Crippen MR) is 97.4 cm³/mol. The van der Waals surface area contributed by atoms with Gasteiger partial charge in [0.1, 0.15) is 12.1 Å². The summed E-state index contributed by atoms with van der Waals surface area (Å²) in [6.45, 7) is 0. The molecule has 4 heteroatoms. The molecule has 4 nitrogen and oxygen atoms in total. The SMILES string of the molecule is O=Cc1cccc(/C=C/C2CCC(=O)C2CCCCCCC(=O)O)c1. The van der Waals surface area contributed by atoms with Gasteiger partial charge in [0.25, 0.3) is 0 Å². The van der Waals surface area contributed by atoms with Gasteiger partial charge in [0.2, 0.25) is 0 Å². The molecule has 2 atom stereocenters. The number of benzene rings is 1. The van der Waals surface area contributed by atoms with E-state index in [0.29, 0.717) is 24.2 Å². The Hall–Kier alpha value is -2.23. The molecule has 134 valence electrons. The minimum atomic E-state index is -0.741. The Bertz CT molecular complexity index is 633. The van der Waals surface area contributed by atoms with E-state index in [0.717, 1.165) is 44.0 Å². The molecule has 0 bridgehead atoms. The second-order valence-electron chi connectivity index (χ2n) is 6.77. The second-order valence-corrected chi connectivity index (χ2v) is 6.77. The number of carbonyl (C=O) groups excluding carboxylic acids is 2. The molecule has 0 amide bonds. The van der Waals surface area contributed by atoms with Crippen molar-refractivity contribution in [3.63, 3.8) is 0 Å². The quantitative estimate of drug-likeness (QED) is 0.501. The van der Waals surface area contributed by atoms with Crippen LogP contribution in [-0.2, 0) is 9.59 Å². The van der Waals surface area contributed by atoms with Crippen molar-refractivity contribution in [2.75, 3.05) is 0 Å². The lowest BCUT2D eigenvalue weighted by molar-refractivity contribution is -0.137. The standard InChI is InChI=1S/C21H26O4/c22-15-17-7-5-6-16(14-17)10-11-18-12-13-20(23)19(18)8-3-1-2-4-9-21(24)25/h5-7,10-11,14-15,18-19H,1-4,8-9,12-13H2,(H,24,25)/b11-10+. The first-order valence-corrected chi connectivity index (χ1v) is 9.08. The Morgan fingerprint density at radius 2 is 1.92 bits per heavy atom. The molecule has 0 radical (unpaired) electrons. The van der Waals surface area contributed by atoms with Crippen LogP contribution >= 0.6 is 0 Å². The first kappa shape index (κ1) is 19.1. The van der Waals surface area contributed by atoms with E-state index in [1.807, 2.05) is 24.3 Å². The zero-order valence-corrected chi connectivity index (χ0v) is 14.5. The van der Waals surface area contributed by atoms with Gasteiger partial charge in [-0.2, -0.15) is 0 Å². The fourth-order valence-electron chi connectivity index (χ4n) is 3.50. The highest BCUT2D eigenvalue weighted by Gasteiger charge is 2.32. The van der Waals surface area contributed by atoms with Crippen LogP contribution in [0.2, 0.25) is 0 Å². The minimum Gasteiger partial charge on any atom is -0.481 e. The van der Waals surface area contributed by atoms with Gasteiger partial charge in [-0.1, -0.05) is 49.6 Å². The van der Waals surface area contributed by atoms with Crippen LogP contribution in [0.25, 0.3) is 6.08 Å². The van der Waals surface area contributed by atoms with Crippen LogP contribution in [0.3, 0.4) is 0 Å². The fraction of sp³-hybridized carbons (Fsp3) is 0.476. The van der Waals surface area contributed by atoms with Crippen molar-refractivity contribution in [1.29, 1.82) is 0 Å². The molecule has 1 aromatic carbocycles. The van der Waals surface area contributed by atoms with E-state index >= 15 is 0 Å². The van der Waals surface area contributed by atoms with Crippen molar-refractivity contribution in [2.24, 2.45) is 11.8 Å². The molecule has 0 saturated heterocycles. The maximum atomic E-state index is 12.1. The molecular formula is C21H26O4. The number of Topliss-reactive ketones (excluding diaryl/α,β-unsaturated/α-hetero) is 1. The summed E-state index contributed by atoms with van der Waals surface area (Å²) >= 11 is 0. The maximum absolute atomic E-state index is 12.1. The zero-order valence-electron chi connectivity index (χ0n) is 14.5. The smallest absolute Gasteiger partial charge is 0.303 e. The number of allylic oxidation sites excluding steroid dienone is 1. The van der Waals surface area contributed by atoms with Crippen LogP contribution in [0, 0.1) is 11.8 Å². The molecule has 1 N–H and O–H groups in total. The number of carboxylic acid groups (broad SMARTS) is 1. The van der Waals surface area contributed by atoms with E-state index in [9.17, 15) is 14.4 Å². The molecule has 0 spiro atoms. The van der Waals surface area contributed by atoms with Gasteiger partial charge in [-0.3, -0.25) is 14.4 Å². The number of rotatable bonds is 10. The highest BCUT2D eigenvalue weighted by molar-refractivity contribution is 5.84. The van der Waals surface area contributed by atoms with Crippen molar-refractivity contribution >= 4 is 24.1 Å². The lowest BCUT2D eigenvalue weighted by Gasteiger charge is -2.14. The van der Waals surface area contributed by atoms with Crippen LogP contribution in [0.5, 0.6) is 0 Å². The Balaban J connectivity index is 1.82. The summed E-state index contributed by atoms with van der Waals surface area (Å²) in [5.74, 6) is -0.0342. The number of carboxylic acids is 1. The van der Waals surface area contributed by atoms with Gasteiger partial charge in [-0.25, -0.2) is 0 Å². The molecule has 1 saturated carbocycles. The normalized spacial score (nSPS) is 20.2. The van der Waals surface area contributed by atoms with Crippen LogP contribution in [0.1, 0.15) is 67.3 Å². The summed E-state index contributed by atoms with van der Waals surface area (Å²) in [5, 5.41) is 8.63. The third-order valence-corrected chi connectivity index (χ3v) is 4.89. The lowest BCUT2D eigenvalue weighted by atomic mass is 9.89.